The van der Waals surface area contributed by atoms with Crippen molar-refractivity contribution in [3.8, 4) is 5.75 Å². The molecule has 1 aliphatic rings. The van der Waals surface area contributed by atoms with Crippen LogP contribution in [0.15, 0.2) is 18.2 Å². The van der Waals surface area contributed by atoms with Gasteiger partial charge >= 0.3 is 5.97 Å². The predicted molar refractivity (Wildman–Crippen MR) is 87.7 cm³/mol. The molecule has 6 heteroatoms. The molecule has 1 fully saturated rings. The molecular weight excluding hydrogens is 313 g/mol. The molecule has 120 valence electrons. The Balaban J connectivity index is 0.000000410. The van der Waals surface area contributed by atoms with Crippen LogP contribution in [0.3, 0.4) is 0 Å². The summed E-state index contributed by atoms with van der Waals surface area (Å²) in [6.07, 6.45) is 7.50. The average Bonchev–Trinajstić information content (AvgIpc) is 2.97. The highest BCUT2D eigenvalue weighted by molar-refractivity contribution is 6.35. The molecule has 0 amide bonds. The third-order valence-electron chi connectivity index (χ3n) is 2.50. The Hall–Kier alpha value is -0.970. The number of rotatable bonds is 3. The topological polar surface area (TPSA) is 58.6 Å². The standard InChI is InChI=1S/C8H6Cl2O3.C5H10.C2H7N/c9-5-1-2-7(6(10)3-5)13-4-8(11)12;1-2-4-5-3-1;1-3-2/h1-3H,4H2,(H,11,12);1-5H2;3H,1-2H3. The van der Waals surface area contributed by atoms with Gasteiger partial charge in [-0.15, -0.1) is 0 Å². The van der Waals surface area contributed by atoms with Crippen molar-refractivity contribution >= 4 is 29.2 Å². The summed E-state index contributed by atoms with van der Waals surface area (Å²) in [5.41, 5.74) is 0. The molecule has 0 aromatic heterocycles. The molecular formula is C15H23Cl2NO3. The molecule has 4 nitrogen and oxygen atoms in total. The van der Waals surface area contributed by atoms with Crippen molar-refractivity contribution in [2.75, 3.05) is 20.7 Å². The van der Waals surface area contributed by atoms with Gasteiger partial charge in [0.05, 0.1) is 5.02 Å². The zero-order valence-corrected chi connectivity index (χ0v) is 14.0. The van der Waals surface area contributed by atoms with Gasteiger partial charge < -0.3 is 15.2 Å². The van der Waals surface area contributed by atoms with Gasteiger partial charge in [0.15, 0.2) is 6.61 Å². The summed E-state index contributed by atoms with van der Waals surface area (Å²) in [7, 11) is 3.75. The third kappa shape index (κ3) is 11.4. The largest absolute Gasteiger partial charge is 0.480 e. The van der Waals surface area contributed by atoms with Gasteiger partial charge in [0.2, 0.25) is 0 Å². The molecule has 1 aromatic rings. The number of ether oxygens (including phenoxy) is 1. The summed E-state index contributed by atoms with van der Waals surface area (Å²) < 4.78 is 4.86. The number of aliphatic carboxylic acids is 1. The maximum atomic E-state index is 10.2. The van der Waals surface area contributed by atoms with E-state index in [0.29, 0.717) is 15.8 Å². The number of carbonyl (C=O) groups is 1. The van der Waals surface area contributed by atoms with Crippen LogP contribution in [0.25, 0.3) is 0 Å². The van der Waals surface area contributed by atoms with Crippen molar-refractivity contribution in [1.82, 2.24) is 5.32 Å². The van der Waals surface area contributed by atoms with Crippen molar-refractivity contribution in [2.24, 2.45) is 0 Å². The Labute approximate surface area is 136 Å². The van der Waals surface area contributed by atoms with Gasteiger partial charge in [0.1, 0.15) is 5.75 Å². The second-order valence-corrected chi connectivity index (χ2v) is 5.37. The molecule has 0 heterocycles. The average molecular weight is 336 g/mol. The number of hydrogen-bond donors (Lipinski definition) is 2. The molecule has 1 aromatic carbocycles. The third-order valence-corrected chi connectivity index (χ3v) is 3.03. The fraction of sp³-hybridized carbons (Fsp3) is 0.533. The first-order chi connectivity index (χ1) is 10.0. The second kappa shape index (κ2) is 12.7. The first-order valence-corrected chi connectivity index (χ1v) is 7.65. The Kier molecular flexibility index (Phi) is 12.2. The smallest absolute Gasteiger partial charge is 0.341 e. The molecule has 0 unspecified atom stereocenters. The number of nitrogens with one attached hydrogen (secondary N) is 1. The molecule has 0 spiro atoms. The lowest BCUT2D eigenvalue weighted by molar-refractivity contribution is -0.139. The van der Waals surface area contributed by atoms with Crippen molar-refractivity contribution < 1.29 is 14.6 Å². The van der Waals surface area contributed by atoms with Crippen LogP contribution in [0.5, 0.6) is 5.75 Å². The molecule has 0 bridgehead atoms. The van der Waals surface area contributed by atoms with Gasteiger partial charge in [-0.3, -0.25) is 0 Å². The second-order valence-electron chi connectivity index (χ2n) is 4.52. The molecule has 2 N–H and O–H groups in total. The fourth-order valence-corrected chi connectivity index (χ4v) is 2.08. The minimum atomic E-state index is -1.05. The van der Waals surface area contributed by atoms with Crippen LogP contribution in [-0.4, -0.2) is 31.8 Å². The number of hydrogen-bond acceptors (Lipinski definition) is 3. The van der Waals surface area contributed by atoms with Crippen molar-refractivity contribution in [2.45, 2.75) is 32.1 Å². The monoisotopic (exact) mass is 335 g/mol. The van der Waals surface area contributed by atoms with Crippen LogP contribution in [0.1, 0.15) is 32.1 Å². The van der Waals surface area contributed by atoms with Gasteiger partial charge in [-0.05, 0) is 32.3 Å². The van der Waals surface area contributed by atoms with E-state index in [4.69, 9.17) is 33.0 Å². The van der Waals surface area contributed by atoms with Crippen molar-refractivity contribution in [1.29, 1.82) is 0 Å². The minimum Gasteiger partial charge on any atom is -0.480 e. The maximum Gasteiger partial charge on any atom is 0.341 e. The molecule has 0 aliphatic heterocycles. The summed E-state index contributed by atoms with van der Waals surface area (Å²) in [6, 6.07) is 4.58. The van der Waals surface area contributed by atoms with Gasteiger partial charge in [0, 0.05) is 5.02 Å². The van der Waals surface area contributed by atoms with Gasteiger partial charge in [-0.2, -0.15) is 0 Å². The first-order valence-electron chi connectivity index (χ1n) is 6.89. The van der Waals surface area contributed by atoms with Crippen LogP contribution in [0, 0.1) is 0 Å². The summed E-state index contributed by atoms with van der Waals surface area (Å²) in [6.45, 7) is -0.415. The zero-order chi connectivity index (χ0) is 16.1. The molecule has 0 atom stereocenters. The van der Waals surface area contributed by atoms with Gasteiger partial charge in [0.25, 0.3) is 0 Å². The Morgan fingerprint density at radius 2 is 1.67 bits per heavy atom. The summed E-state index contributed by atoms with van der Waals surface area (Å²) in [5.74, 6) is -0.737. The highest BCUT2D eigenvalue weighted by Crippen LogP contribution is 2.27. The van der Waals surface area contributed by atoms with Crippen LogP contribution in [0.2, 0.25) is 10.0 Å². The number of halogens is 2. The van der Waals surface area contributed by atoms with Crippen LogP contribution in [-0.2, 0) is 4.79 Å². The molecule has 1 saturated carbocycles. The zero-order valence-electron chi connectivity index (χ0n) is 12.5. The van der Waals surface area contributed by atoms with E-state index in [1.54, 1.807) is 6.07 Å². The number of carboxylic acid groups (broad SMARTS) is 1. The van der Waals surface area contributed by atoms with Crippen molar-refractivity contribution in [3.05, 3.63) is 28.2 Å². The van der Waals surface area contributed by atoms with E-state index >= 15 is 0 Å². The summed E-state index contributed by atoms with van der Waals surface area (Å²) in [5, 5.41) is 11.9. The predicted octanol–water partition coefficient (Wildman–Crippen LogP) is 4.24. The highest BCUT2D eigenvalue weighted by atomic mass is 35.5. The first kappa shape index (κ1) is 20.0. The van der Waals surface area contributed by atoms with E-state index in [0.717, 1.165) is 0 Å². The van der Waals surface area contributed by atoms with E-state index < -0.39 is 12.6 Å². The number of benzene rings is 1. The molecule has 1 aliphatic carbocycles. The Morgan fingerprint density at radius 3 is 2.05 bits per heavy atom. The lowest BCUT2D eigenvalue weighted by Gasteiger charge is -2.04. The normalized spacial score (nSPS) is 12.6. The maximum absolute atomic E-state index is 10.2. The SMILES string of the molecule is C1CCCC1.CNC.O=C(O)COc1ccc(Cl)cc1Cl. The van der Waals surface area contributed by atoms with Crippen LogP contribution in [0.4, 0.5) is 0 Å². The minimum absolute atomic E-state index is 0.300. The van der Waals surface area contributed by atoms with E-state index in [1.807, 2.05) is 14.1 Å². The number of carboxylic acids is 1. The van der Waals surface area contributed by atoms with Crippen LogP contribution >= 0.6 is 23.2 Å². The van der Waals surface area contributed by atoms with Crippen LogP contribution < -0.4 is 10.1 Å². The van der Waals surface area contributed by atoms with E-state index in [9.17, 15) is 4.79 Å². The van der Waals surface area contributed by atoms with E-state index in [-0.39, 0.29) is 0 Å². The molecule has 2 rings (SSSR count). The van der Waals surface area contributed by atoms with Crippen molar-refractivity contribution in [3.63, 3.8) is 0 Å². The molecule has 0 radical (unpaired) electrons. The summed E-state index contributed by atoms with van der Waals surface area (Å²) in [4.78, 5) is 10.2. The highest BCUT2D eigenvalue weighted by Gasteiger charge is 2.04. The lowest BCUT2D eigenvalue weighted by atomic mass is 10.3. The van der Waals surface area contributed by atoms with Gasteiger partial charge in [-0.1, -0.05) is 55.3 Å². The van der Waals surface area contributed by atoms with Gasteiger partial charge in [-0.25, -0.2) is 4.79 Å². The Bertz CT molecular complexity index is 402. The van der Waals surface area contributed by atoms with E-state index in [1.165, 1.54) is 44.2 Å². The fourth-order valence-electron chi connectivity index (χ4n) is 1.62. The van der Waals surface area contributed by atoms with E-state index in [2.05, 4.69) is 5.32 Å². The molecule has 21 heavy (non-hydrogen) atoms. The lowest BCUT2D eigenvalue weighted by Crippen LogP contribution is -2.09. The Morgan fingerprint density at radius 1 is 1.19 bits per heavy atom. The molecule has 0 saturated heterocycles. The summed E-state index contributed by atoms with van der Waals surface area (Å²) >= 11 is 11.3. The quantitative estimate of drug-likeness (QED) is 0.867.